The summed E-state index contributed by atoms with van der Waals surface area (Å²) in [4.78, 5) is 99.9. The molecule has 6 aromatic carbocycles. The van der Waals surface area contributed by atoms with Crippen molar-refractivity contribution in [2.24, 2.45) is 5.73 Å². The van der Waals surface area contributed by atoms with Crippen LogP contribution in [0.4, 0.5) is 0 Å². The van der Waals surface area contributed by atoms with Gasteiger partial charge in [-0.25, -0.2) is 9.97 Å². The normalized spacial score (nSPS) is 11.9. The van der Waals surface area contributed by atoms with E-state index in [-0.39, 0.29) is 67.9 Å². The first-order valence-corrected chi connectivity index (χ1v) is 32.6. The van der Waals surface area contributed by atoms with Crippen LogP contribution in [0.25, 0.3) is 33.2 Å². The third kappa shape index (κ3) is 22.3. The Morgan fingerprint density at radius 2 is 0.926 bits per heavy atom. The predicted molar refractivity (Wildman–Crippen MR) is 379 cm³/mol. The lowest BCUT2D eigenvalue weighted by atomic mass is 10.1. The van der Waals surface area contributed by atoms with Gasteiger partial charge in [-0.15, -0.1) is 0 Å². The SMILES string of the molecule is CCOc1ccc(-n2c(C(CCN)N(CCN(C)C)C(=O)Cc3ccc(Cl)c(Cl)c3)nc3ccccc3c2=O)cc1.CCOc1ccc(-n2c(C(CCNC(=O)CN(C)C)N(CCN(C)C)C(=O)Cc3ccc(Cl)c(Cl)c3)nc3ccccc3c2=O)cc1.CN(C)CC(=O)O. The molecule has 3 amide bonds. The number of hydrogen-bond donors (Lipinski definition) is 3. The van der Waals surface area contributed by atoms with E-state index in [9.17, 15) is 28.8 Å². The molecule has 2 heterocycles. The Kier molecular flexibility index (Phi) is 29.9. The van der Waals surface area contributed by atoms with Crippen molar-refractivity contribution in [3.63, 3.8) is 0 Å². The van der Waals surface area contributed by atoms with E-state index in [0.717, 1.165) is 5.56 Å². The largest absolute Gasteiger partial charge is 0.494 e. The van der Waals surface area contributed by atoms with Crippen LogP contribution in [-0.4, -0.2) is 199 Å². The van der Waals surface area contributed by atoms with Crippen molar-refractivity contribution in [2.75, 3.05) is 122 Å². The lowest BCUT2D eigenvalue weighted by Crippen LogP contribution is -2.44. The molecule has 0 fully saturated rings. The highest BCUT2D eigenvalue weighted by Gasteiger charge is 2.33. The van der Waals surface area contributed by atoms with Gasteiger partial charge in [-0.1, -0.05) is 82.8 Å². The van der Waals surface area contributed by atoms with Crippen LogP contribution in [0.5, 0.6) is 11.5 Å². The number of halogens is 4. The Bertz CT molecular complexity index is 3980. The fraction of sp³-hybridized carbons (Fsp3) is 0.371. The molecule has 4 N–H and O–H groups in total. The summed E-state index contributed by atoms with van der Waals surface area (Å²) in [6.45, 7) is 7.63. The highest BCUT2D eigenvalue weighted by atomic mass is 35.5. The molecule has 0 spiro atoms. The Morgan fingerprint density at radius 1 is 0.526 bits per heavy atom. The number of benzene rings is 6. The number of para-hydroxylation sites is 2. The van der Waals surface area contributed by atoms with E-state index >= 15 is 0 Å². The maximum atomic E-state index is 14.3. The fourth-order valence-corrected chi connectivity index (χ4v) is 10.9. The first kappa shape index (κ1) is 76.1. The van der Waals surface area contributed by atoms with Gasteiger partial charge in [0.1, 0.15) is 23.1 Å². The smallest absolute Gasteiger partial charge is 0.317 e. The molecule has 0 aliphatic rings. The van der Waals surface area contributed by atoms with Gasteiger partial charge in [0.05, 0.1) is 104 Å². The lowest BCUT2D eigenvalue weighted by Gasteiger charge is -2.34. The molecule has 0 radical (unpaired) electrons. The van der Waals surface area contributed by atoms with Crippen molar-refractivity contribution in [2.45, 2.75) is 51.6 Å². The highest BCUT2D eigenvalue weighted by molar-refractivity contribution is 6.42. The van der Waals surface area contributed by atoms with Crippen LogP contribution in [0, 0.1) is 0 Å². The molecule has 2 aromatic heterocycles. The van der Waals surface area contributed by atoms with Crippen molar-refractivity contribution in [1.29, 1.82) is 0 Å². The molecule has 2 atom stereocenters. The number of hydrogen-bond acceptors (Lipinski definition) is 15. The quantitative estimate of drug-likeness (QED) is 0.0396. The van der Waals surface area contributed by atoms with Crippen LogP contribution in [0.1, 0.15) is 61.5 Å². The molecule has 0 aliphatic carbocycles. The summed E-state index contributed by atoms with van der Waals surface area (Å²) in [5, 5.41) is 13.5. The number of amides is 3. The Labute approximate surface area is 575 Å². The third-order valence-electron chi connectivity index (χ3n) is 14.8. The molecule has 21 nitrogen and oxygen atoms in total. The average Bonchev–Trinajstić information content (AvgIpc) is 0.768. The Hall–Kier alpha value is -7.96. The summed E-state index contributed by atoms with van der Waals surface area (Å²) < 4.78 is 14.4. The zero-order chi connectivity index (χ0) is 69.5. The van der Waals surface area contributed by atoms with Crippen molar-refractivity contribution in [3.05, 3.63) is 197 Å². The lowest BCUT2D eigenvalue weighted by molar-refractivity contribution is -0.138. The number of rotatable bonds is 29. The van der Waals surface area contributed by atoms with E-state index in [1.165, 1.54) is 0 Å². The average molecular weight is 1380 g/mol. The number of nitrogens with two attached hydrogens (primary N) is 1. The number of ether oxygens (including phenoxy) is 2. The van der Waals surface area contributed by atoms with E-state index < -0.39 is 18.1 Å². The van der Waals surface area contributed by atoms with E-state index in [1.54, 1.807) is 116 Å². The van der Waals surface area contributed by atoms with Crippen LogP contribution in [0.15, 0.2) is 143 Å². The number of carbonyl (C=O) groups excluding carboxylic acids is 3. The number of carbonyl (C=O) groups is 4. The van der Waals surface area contributed by atoms with Gasteiger partial charge in [0.15, 0.2) is 0 Å². The minimum Gasteiger partial charge on any atom is -0.494 e. The zero-order valence-corrected chi connectivity index (χ0v) is 58.6. The molecule has 2 unspecified atom stereocenters. The summed E-state index contributed by atoms with van der Waals surface area (Å²) in [5.41, 5.74) is 9.36. The summed E-state index contributed by atoms with van der Waals surface area (Å²) >= 11 is 24.8. The van der Waals surface area contributed by atoms with E-state index in [1.807, 2.05) is 127 Å². The van der Waals surface area contributed by atoms with Gasteiger partial charge in [-0.2, -0.15) is 0 Å². The summed E-state index contributed by atoms with van der Waals surface area (Å²) in [5.74, 6) is 0.952. The second-order valence-corrected chi connectivity index (χ2v) is 25.0. The number of nitrogens with one attached hydrogen (secondary N) is 1. The molecule has 508 valence electrons. The van der Waals surface area contributed by atoms with Crippen molar-refractivity contribution >= 4 is 91.9 Å². The number of nitrogens with zero attached hydrogens (tertiary/aromatic N) is 10. The minimum atomic E-state index is -0.787. The number of fused-ring (bicyclic) bond motifs is 2. The van der Waals surface area contributed by atoms with Crippen LogP contribution in [-0.2, 0) is 32.0 Å². The van der Waals surface area contributed by atoms with Crippen LogP contribution in [0.2, 0.25) is 20.1 Å². The van der Waals surface area contributed by atoms with Crippen LogP contribution in [0.3, 0.4) is 0 Å². The molecular formula is C70H86Cl4N12O9. The van der Waals surface area contributed by atoms with Crippen molar-refractivity contribution < 1.29 is 33.8 Å². The number of carboxylic acid groups (broad SMARTS) is 1. The van der Waals surface area contributed by atoms with Crippen LogP contribution >= 0.6 is 46.4 Å². The minimum absolute atomic E-state index is 0.0503. The van der Waals surface area contributed by atoms with Crippen LogP contribution < -0.4 is 31.6 Å². The van der Waals surface area contributed by atoms with E-state index in [0.29, 0.717) is 134 Å². The van der Waals surface area contributed by atoms with Gasteiger partial charge >= 0.3 is 5.97 Å². The summed E-state index contributed by atoms with van der Waals surface area (Å²) in [7, 11) is 14.8. The number of likely N-dealkylation sites (N-methyl/N-ethyl adjacent to an activating group) is 4. The van der Waals surface area contributed by atoms with Gasteiger partial charge in [0.2, 0.25) is 17.7 Å². The standard InChI is InChI=1S/C35H42Cl2N6O4.C31H35Cl2N5O3.C4H9NO2/c1-6-47-26-14-12-25(13-15-26)43-34(39-30-10-8-7-9-27(30)35(43)46)31(17-18-38-32(44)23-41(4)5)42(20-19-40(2)3)33(45)22-24-11-16-28(36)29(37)21-24;1-4-41-23-12-10-22(11-13-23)38-30(35-27-8-6-5-7-24(27)31(38)40)28(15-16-34)37(18-17-36(2)3)29(39)20-21-9-14-25(32)26(33)19-21;1-5(2)3-4(6)7/h7-16,21,31H,6,17-20,22-23H2,1-5H3,(H,38,44);5-14,19,28H,4,15-18,20,34H2,1-3H3;3H2,1-2H3,(H,6,7). The van der Waals surface area contributed by atoms with Crippen molar-refractivity contribution in [3.8, 4) is 22.9 Å². The van der Waals surface area contributed by atoms with Crippen molar-refractivity contribution in [1.82, 2.24) is 53.8 Å². The monoisotopic (exact) mass is 1380 g/mol. The predicted octanol–water partition coefficient (Wildman–Crippen LogP) is 9.58. The number of aliphatic carboxylic acids is 1. The molecule has 8 aromatic rings. The molecule has 95 heavy (non-hydrogen) atoms. The molecular weight excluding hydrogens is 1290 g/mol. The Balaban J connectivity index is 0.000000275. The molecule has 25 heteroatoms. The summed E-state index contributed by atoms with van der Waals surface area (Å²) in [6.07, 6.45) is 0.866. The fourth-order valence-electron chi connectivity index (χ4n) is 10.3. The van der Waals surface area contributed by atoms with Gasteiger partial charge in [0, 0.05) is 32.7 Å². The Morgan fingerprint density at radius 3 is 1.27 bits per heavy atom. The van der Waals surface area contributed by atoms with Gasteiger partial charge in [-0.05, 0) is 198 Å². The molecule has 0 saturated heterocycles. The molecule has 0 aliphatic heterocycles. The third-order valence-corrected chi connectivity index (χ3v) is 16.2. The molecule has 0 saturated carbocycles. The highest BCUT2D eigenvalue weighted by Crippen LogP contribution is 2.32. The van der Waals surface area contributed by atoms with E-state index in [2.05, 4.69) is 5.32 Å². The van der Waals surface area contributed by atoms with E-state index in [4.69, 9.17) is 76.7 Å². The first-order valence-electron chi connectivity index (χ1n) is 31.1. The van der Waals surface area contributed by atoms with Gasteiger partial charge in [-0.3, -0.25) is 42.8 Å². The zero-order valence-electron chi connectivity index (χ0n) is 55.5. The maximum Gasteiger partial charge on any atom is 0.317 e. The van der Waals surface area contributed by atoms with Gasteiger partial charge in [0.25, 0.3) is 11.1 Å². The molecule has 0 bridgehead atoms. The second kappa shape index (κ2) is 37.4. The maximum absolute atomic E-state index is 14.3. The molecule has 8 rings (SSSR count). The second-order valence-electron chi connectivity index (χ2n) is 23.4. The number of carboxylic acids is 1. The summed E-state index contributed by atoms with van der Waals surface area (Å²) in [6, 6.07) is 38.0. The van der Waals surface area contributed by atoms with Gasteiger partial charge < -0.3 is 50.1 Å². The number of aromatic nitrogens is 4. The first-order chi connectivity index (χ1) is 45.3. The topological polar surface area (TPSA) is 234 Å².